The van der Waals surface area contributed by atoms with Crippen LogP contribution in [0.25, 0.3) is 0 Å². The van der Waals surface area contributed by atoms with Gasteiger partial charge in [0.1, 0.15) is 17.8 Å². The molecule has 0 atom stereocenters. The monoisotopic (exact) mass is 213 g/mol. The molecule has 16 heavy (non-hydrogen) atoms. The lowest BCUT2D eigenvalue weighted by molar-refractivity contribution is 0.624. The predicted molar refractivity (Wildman–Crippen MR) is 56.4 cm³/mol. The summed E-state index contributed by atoms with van der Waals surface area (Å²) in [6, 6.07) is 6.38. The Labute approximate surface area is 90.9 Å². The maximum atomic E-state index is 13.5. The zero-order chi connectivity index (χ0) is 11.0. The molecule has 77 valence electrons. The number of hydrogen-bond donors (Lipinski definition) is 0. The van der Waals surface area contributed by atoms with Gasteiger partial charge in [-0.15, -0.1) is 0 Å². The van der Waals surface area contributed by atoms with Crippen molar-refractivity contribution in [3.8, 4) is 0 Å². The van der Waals surface area contributed by atoms with Crippen molar-refractivity contribution in [3.63, 3.8) is 0 Å². The lowest BCUT2D eigenvalue weighted by Gasteiger charge is -2.00. The summed E-state index contributed by atoms with van der Waals surface area (Å²) in [6.45, 7) is 0. The van der Waals surface area contributed by atoms with E-state index in [1.807, 2.05) is 0 Å². The number of rotatable bonds is 1. The molecular weight excluding hydrogens is 207 g/mol. The molecule has 1 aliphatic rings. The van der Waals surface area contributed by atoms with Crippen LogP contribution in [0.5, 0.6) is 0 Å². The molecule has 4 nitrogen and oxygen atoms in total. The summed E-state index contributed by atoms with van der Waals surface area (Å²) in [5.41, 5.74) is 0.946. The van der Waals surface area contributed by atoms with Crippen molar-refractivity contribution in [2.24, 2.45) is 4.99 Å². The van der Waals surface area contributed by atoms with E-state index in [2.05, 4.69) is 20.3 Å². The van der Waals surface area contributed by atoms with Gasteiger partial charge < -0.3 is 0 Å². The van der Waals surface area contributed by atoms with E-state index in [1.54, 1.807) is 24.4 Å². The number of halogens is 1. The first-order chi connectivity index (χ1) is 7.84. The Kier molecular flexibility index (Phi) is 1.89. The Morgan fingerprint density at radius 2 is 2.00 bits per heavy atom. The highest BCUT2D eigenvalue weighted by molar-refractivity contribution is 6.06. The van der Waals surface area contributed by atoms with Crippen LogP contribution in [-0.2, 0) is 0 Å². The number of benzene rings is 1. The fraction of sp³-hybridized carbons (Fsp3) is 0. The average Bonchev–Trinajstić information content (AvgIpc) is 2.73. The van der Waals surface area contributed by atoms with E-state index >= 15 is 0 Å². The molecule has 1 aliphatic heterocycles. The summed E-state index contributed by atoms with van der Waals surface area (Å²) in [7, 11) is 0. The van der Waals surface area contributed by atoms with Gasteiger partial charge in [0.15, 0.2) is 11.7 Å². The van der Waals surface area contributed by atoms with E-state index in [9.17, 15) is 4.39 Å². The largest absolute Gasteiger partial charge is 0.242 e. The maximum absolute atomic E-state index is 13.5. The molecule has 0 bridgehead atoms. The van der Waals surface area contributed by atoms with Gasteiger partial charge in [0.25, 0.3) is 0 Å². The molecular formula is C11H6FN4. The first-order valence-electron chi connectivity index (χ1n) is 4.70. The van der Waals surface area contributed by atoms with Gasteiger partial charge in [-0.25, -0.2) is 24.7 Å². The van der Waals surface area contributed by atoms with Crippen LogP contribution in [0.4, 0.5) is 15.9 Å². The van der Waals surface area contributed by atoms with E-state index in [0.717, 1.165) is 0 Å². The minimum Gasteiger partial charge on any atom is -0.242 e. The van der Waals surface area contributed by atoms with Gasteiger partial charge in [0, 0.05) is 0 Å². The number of nitrogens with zero attached hydrogens (tertiary/aromatic N) is 4. The van der Waals surface area contributed by atoms with Gasteiger partial charge in [-0.05, 0) is 12.1 Å². The molecule has 0 fully saturated rings. The molecule has 2 heterocycles. The van der Waals surface area contributed by atoms with E-state index in [-0.39, 0.29) is 5.82 Å². The van der Waals surface area contributed by atoms with Crippen LogP contribution in [0.1, 0.15) is 5.56 Å². The molecule has 0 saturated carbocycles. The summed E-state index contributed by atoms with van der Waals surface area (Å²) < 4.78 is 13.5. The van der Waals surface area contributed by atoms with Crippen molar-refractivity contribution in [1.82, 2.24) is 15.3 Å². The summed E-state index contributed by atoms with van der Waals surface area (Å²) in [5, 5.41) is 4.14. The first-order valence-corrected chi connectivity index (χ1v) is 4.70. The molecule has 0 N–H and O–H groups in total. The molecule has 0 unspecified atom stereocenters. The predicted octanol–water partition coefficient (Wildman–Crippen LogP) is 1.94. The summed E-state index contributed by atoms with van der Waals surface area (Å²) in [5.74, 6) is 0.479. The summed E-state index contributed by atoms with van der Waals surface area (Å²) >= 11 is 0. The van der Waals surface area contributed by atoms with Crippen LogP contribution in [-0.4, -0.2) is 15.8 Å². The molecule has 0 spiro atoms. The third-order valence-electron chi connectivity index (χ3n) is 2.23. The highest BCUT2D eigenvalue weighted by Crippen LogP contribution is 2.28. The van der Waals surface area contributed by atoms with Gasteiger partial charge in [0.2, 0.25) is 0 Å². The number of fused-ring (bicyclic) bond motifs is 1. The smallest absolute Gasteiger partial charge is 0.183 e. The third kappa shape index (κ3) is 1.33. The zero-order valence-corrected chi connectivity index (χ0v) is 8.13. The van der Waals surface area contributed by atoms with E-state index < -0.39 is 0 Å². The van der Waals surface area contributed by atoms with Crippen molar-refractivity contribution in [2.45, 2.75) is 0 Å². The SMILES string of the molecule is Fc1ccccc1C1=Nc2cncnc2[N]1. The van der Waals surface area contributed by atoms with Crippen molar-refractivity contribution in [2.75, 3.05) is 0 Å². The lowest BCUT2D eigenvalue weighted by atomic mass is 10.2. The van der Waals surface area contributed by atoms with E-state index in [0.29, 0.717) is 22.9 Å². The van der Waals surface area contributed by atoms with Crippen LogP contribution in [0, 0.1) is 5.82 Å². The summed E-state index contributed by atoms with van der Waals surface area (Å²) in [4.78, 5) is 12.0. The zero-order valence-electron chi connectivity index (χ0n) is 8.13. The van der Waals surface area contributed by atoms with Gasteiger partial charge in [-0.1, -0.05) is 12.1 Å². The second-order valence-corrected chi connectivity index (χ2v) is 3.26. The molecule has 0 saturated heterocycles. The average molecular weight is 213 g/mol. The number of hydrogen-bond acceptors (Lipinski definition) is 3. The molecule has 3 rings (SSSR count). The fourth-order valence-electron chi connectivity index (χ4n) is 1.48. The molecule has 1 aromatic carbocycles. The fourth-order valence-corrected chi connectivity index (χ4v) is 1.48. The number of amidine groups is 1. The number of aliphatic imine (C=N–C) groups is 1. The van der Waals surface area contributed by atoms with E-state index in [1.165, 1.54) is 12.4 Å². The molecule has 2 aromatic rings. The number of aromatic nitrogens is 2. The maximum Gasteiger partial charge on any atom is 0.183 e. The molecule has 0 aliphatic carbocycles. The van der Waals surface area contributed by atoms with E-state index in [4.69, 9.17) is 0 Å². The third-order valence-corrected chi connectivity index (χ3v) is 2.23. The molecule has 5 heteroatoms. The molecule has 0 amide bonds. The Bertz CT molecular complexity index is 580. The van der Waals surface area contributed by atoms with Crippen LogP contribution >= 0.6 is 0 Å². The quantitative estimate of drug-likeness (QED) is 0.726. The topological polar surface area (TPSA) is 52.2 Å². The van der Waals surface area contributed by atoms with Gasteiger partial charge >= 0.3 is 0 Å². The highest BCUT2D eigenvalue weighted by Gasteiger charge is 2.20. The molecule has 1 aromatic heterocycles. The Hall–Kier alpha value is -2.30. The Balaban J connectivity index is 2.05. The Morgan fingerprint density at radius 1 is 1.12 bits per heavy atom. The summed E-state index contributed by atoms with van der Waals surface area (Å²) in [6.07, 6.45) is 2.95. The normalized spacial score (nSPS) is 12.9. The standard InChI is InChI=1S/C11H6FN4/c12-8-4-2-1-3-7(8)10-15-9-5-13-6-14-11(9)16-10/h1-6H. The van der Waals surface area contributed by atoms with Gasteiger partial charge in [-0.2, -0.15) is 0 Å². The Morgan fingerprint density at radius 3 is 2.81 bits per heavy atom. The molecule has 1 radical (unpaired) electrons. The second kappa shape index (κ2) is 3.37. The van der Waals surface area contributed by atoms with Crippen molar-refractivity contribution < 1.29 is 4.39 Å². The van der Waals surface area contributed by atoms with Crippen LogP contribution < -0.4 is 5.32 Å². The van der Waals surface area contributed by atoms with Gasteiger partial charge in [0.05, 0.1) is 11.8 Å². The van der Waals surface area contributed by atoms with Crippen LogP contribution in [0.15, 0.2) is 41.8 Å². The minimum absolute atomic E-state index is 0.341. The second-order valence-electron chi connectivity index (χ2n) is 3.26. The first kappa shape index (κ1) is 8.96. The minimum atomic E-state index is -0.342. The lowest BCUT2D eigenvalue weighted by Crippen LogP contribution is -2.10. The van der Waals surface area contributed by atoms with Crippen molar-refractivity contribution >= 4 is 17.3 Å². The van der Waals surface area contributed by atoms with Crippen LogP contribution in [0.3, 0.4) is 0 Å². The van der Waals surface area contributed by atoms with Gasteiger partial charge in [-0.3, -0.25) is 0 Å². The van der Waals surface area contributed by atoms with Crippen LogP contribution in [0.2, 0.25) is 0 Å². The van der Waals surface area contributed by atoms with Crippen molar-refractivity contribution in [3.05, 3.63) is 48.2 Å². The van der Waals surface area contributed by atoms with Crippen molar-refractivity contribution in [1.29, 1.82) is 0 Å². The highest BCUT2D eigenvalue weighted by atomic mass is 19.1.